The first-order valence-corrected chi connectivity index (χ1v) is 6.89. The first kappa shape index (κ1) is 14.6. The number of thiazole rings is 1. The molecule has 0 amide bonds. The molecule has 0 saturated carbocycles. The summed E-state index contributed by atoms with van der Waals surface area (Å²) in [5.41, 5.74) is 2.04. The fourth-order valence-electron chi connectivity index (χ4n) is 2.12. The van der Waals surface area contributed by atoms with Gasteiger partial charge in [-0.3, -0.25) is 4.98 Å². The minimum absolute atomic E-state index is 0.0928. The summed E-state index contributed by atoms with van der Waals surface area (Å²) in [6, 6.07) is 5.57. The van der Waals surface area contributed by atoms with Crippen LogP contribution in [-0.4, -0.2) is 16.7 Å². The highest BCUT2D eigenvalue weighted by atomic mass is 32.1. The largest absolute Gasteiger partial charge is 0.396 e. The molecule has 0 aliphatic rings. The average Bonchev–Trinajstić information content (AvgIpc) is 2.96. The van der Waals surface area contributed by atoms with Crippen LogP contribution in [0.15, 0.2) is 29.9 Å². The van der Waals surface area contributed by atoms with Gasteiger partial charge in [-0.05, 0) is 24.1 Å². The standard InChI is InChI=1S/C14H12F2N2OS/c15-12-2-1-9(5-13(12)16)11(6-17)10(3-4-19)14-7-18-8-20-14/h1-2,5,7-8,10-11,19H,3-4H2/t10-,11+/m0/s1. The topological polar surface area (TPSA) is 56.9 Å². The van der Waals surface area contributed by atoms with Gasteiger partial charge >= 0.3 is 0 Å². The Bertz CT molecular complexity index is 610. The fraction of sp³-hybridized carbons (Fsp3) is 0.286. The molecule has 0 bridgehead atoms. The van der Waals surface area contributed by atoms with Gasteiger partial charge < -0.3 is 5.11 Å². The smallest absolute Gasteiger partial charge is 0.159 e. The summed E-state index contributed by atoms with van der Waals surface area (Å²) in [7, 11) is 0. The van der Waals surface area contributed by atoms with Crippen molar-refractivity contribution in [2.75, 3.05) is 6.61 Å². The van der Waals surface area contributed by atoms with Gasteiger partial charge in [-0.2, -0.15) is 5.26 Å². The van der Waals surface area contributed by atoms with E-state index in [2.05, 4.69) is 11.1 Å². The lowest BCUT2D eigenvalue weighted by atomic mass is 9.84. The van der Waals surface area contributed by atoms with Crippen molar-refractivity contribution in [1.82, 2.24) is 4.98 Å². The molecule has 1 aromatic carbocycles. The van der Waals surface area contributed by atoms with Crippen LogP contribution >= 0.6 is 11.3 Å². The minimum atomic E-state index is -0.977. The average molecular weight is 294 g/mol. The molecule has 0 unspecified atom stereocenters. The summed E-state index contributed by atoms with van der Waals surface area (Å²) in [6.07, 6.45) is 1.99. The maximum Gasteiger partial charge on any atom is 0.159 e. The lowest BCUT2D eigenvalue weighted by Crippen LogP contribution is -2.11. The predicted octanol–water partition coefficient (Wildman–Crippen LogP) is 3.19. The number of benzene rings is 1. The molecule has 0 radical (unpaired) electrons. The predicted molar refractivity (Wildman–Crippen MR) is 71.3 cm³/mol. The van der Waals surface area contributed by atoms with E-state index in [0.29, 0.717) is 12.0 Å². The third-order valence-corrected chi connectivity index (χ3v) is 4.01. The van der Waals surface area contributed by atoms with Gasteiger partial charge in [-0.15, -0.1) is 11.3 Å². The number of rotatable bonds is 5. The normalized spacial score (nSPS) is 13.7. The molecule has 104 valence electrons. The summed E-state index contributed by atoms with van der Waals surface area (Å²) in [4.78, 5) is 4.80. The number of hydrogen-bond donors (Lipinski definition) is 1. The van der Waals surface area contributed by atoms with Crippen molar-refractivity contribution < 1.29 is 13.9 Å². The first-order chi connectivity index (χ1) is 9.67. The summed E-state index contributed by atoms with van der Waals surface area (Å²) < 4.78 is 26.3. The van der Waals surface area contributed by atoms with Crippen molar-refractivity contribution in [3.8, 4) is 6.07 Å². The molecule has 0 aliphatic carbocycles. The molecule has 2 atom stereocenters. The van der Waals surface area contributed by atoms with Crippen LogP contribution in [-0.2, 0) is 0 Å². The molecule has 0 aliphatic heterocycles. The molecule has 6 heteroatoms. The van der Waals surface area contributed by atoms with Gasteiger partial charge in [0.05, 0.1) is 17.5 Å². The molecule has 2 aromatic rings. The van der Waals surface area contributed by atoms with E-state index >= 15 is 0 Å². The van der Waals surface area contributed by atoms with Crippen LogP contribution in [0.3, 0.4) is 0 Å². The molecule has 0 fully saturated rings. The van der Waals surface area contributed by atoms with Crippen LogP contribution in [0, 0.1) is 23.0 Å². The number of halogens is 2. The Morgan fingerprint density at radius 3 is 2.70 bits per heavy atom. The van der Waals surface area contributed by atoms with Gasteiger partial charge in [0.2, 0.25) is 0 Å². The Balaban J connectivity index is 2.38. The van der Waals surface area contributed by atoms with Crippen molar-refractivity contribution in [3.63, 3.8) is 0 Å². The Morgan fingerprint density at radius 1 is 1.35 bits per heavy atom. The van der Waals surface area contributed by atoms with Gasteiger partial charge in [0, 0.05) is 23.6 Å². The van der Waals surface area contributed by atoms with Gasteiger partial charge in [0.25, 0.3) is 0 Å². The van der Waals surface area contributed by atoms with Gasteiger partial charge in [0.1, 0.15) is 0 Å². The van der Waals surface area contributed by atoms with Crippen molar-refractivity contribution in [3.05, 3.63) is 52.0 Å². The molecule has 0 spiro atoms. The van der Waals surface area contributed by atoms with Crippen LogP contribution in [0.1, 0.15) is 28.7 Å². The zero-order valence-electron chi connectivity index (χ0n) is 10.5. The molecule has 20 heavy (non-hydrogen) atoms. The molecule has 0 saturated heterocycles. The fourth-order valence-corrected chi connectivity index (χ4v) is 2.92. The molecule has 1 heterocycles. The third-order valence-electron chi connectivity index (χ3n) is 3.10. The van der Waals surface area contributed by atoms with E-state index in [9.17, 15) is 14.0 Å². The highest BCUT2D eigenvalue weighted by Crippen LogP contribution is 2.37. The summed E-state index contributed by atoms with van der Waals surface area (Å²) in [5, 5.41) is 18.5. The van der Waals surface area contributed by atoms with E-state index in [1.807, 2.05) is 0 Å². The summed E-state index contributed by atoms with van der Waals surface area (Å²) in [5.74, 6) is -2.86. The molecule has 1 aromatic heterocycles. The monoisotopic (exact) mass is 294 g/mol. The van der Waals surface area contributed by atoms with Gasteiger partial charge in [-0.25, -0.2) is 8.78 Å². The van der Waals surface area contributed by atoms with E-state index < -0.39 is 17.6 Å². The molecule has 2 rings (SSSR count). The summed E-state index contributed by atoms with van der Waals surface area (Å²) >= 11 is 1.38. The second-order valence-corrected chi connectivity index (χ2v) is 5.22. The maximum absolute atomic E-state index is 13.3. The Morgan fingerprint density at radius 2 is 2.15 bits per heavy atom. The van der Waals surface area contributed by atoms with E-state index in [0.717, 1.165) is 17.0 Å². The summed E-state index contributed by atoms with van der Waals surface area (Å²) in [6.45, 7) is -0.0928. The second-order valence-electron chi connectivity index (χ2n) is 4.30. The zero-order chi connectivity index (χ0) is 14.5. The Kier molecular flexibility index (Phi) is 4.77. The number of aromatic nitrogens is 1. The maximum atomic E-state index is 13.3. The molecule has 3 nitrogen and oxygen atoms in total. The molecular weight excluding hydrogens is 282 g/mol. The van der Waals surface area contributed by atoms with Gasteiger partial charge in [-0.1, -0.05) is 6.07 Å². The molecule has 1 N–H and O–H groups in total. The zero-order valence-corrected chi connectivity index (χ0v) is 11.3. The number of hydrogen-bond acceptors (Lipinski definition) is 4. The number of aliphatic hydroxyl groups excluding tert-OH is 1. The van der Waals surface area contributed by atoms with Crippen molar-refractivity contribution in [2.24, 2.45) is 0 Å². The van der Waals surface area contributed by atoms with Gasteiger partial charge in [0.15, 0.2) is 11.6 Å². The minimum Gasteiger partial charge on any atom is -0.396 e. The van der Waals surface area contributed by atoms with E-state index in [1.54, 1.807) is 11.7 Å². The number of nitriles is 1. The van der Waals surface area contributed by atoms with E-state index in [1.165, 1.54) is 17.4 Å². The van der Waals surface area contributed by atoms with Crippen LogP contribution in [0.2, 0.25) is 0 Å². The second kappa shape index (κ2) is 6.55. The first-order valence-electron chi connectivity index (χ1n) is 6.01. The van der Waals surface area contributed by atoms with Crippen molar-refractivity contribution >= 4 is 11.3 Å². The highest BCUT2D eigenvalue weighted by Gasteiger charge is 2.26. The number of aliphatic hydroxyl groups is 1. The van der Waals surface area contributed by atoms with E-state index in [-0.39, 0.29) is 12.5 Å². The lowest BCUT2D eigenvalue weighted by Gasteiger charge is -2.20. The van der Waals surface area contributed by atoms with Crippen LogP contribution in [0.25, 0.3) is 0 Å². The van der Waals surface area contributed by atoms with Crippen LogP contribution in [0.4, 0.5) is 8.78 Å². The lowest BCUT2D eigenvalue weighted by molar-refractivity contribution is 0.272. The molecular formula is C14H12F2N2OS. The Labute approximate surface area is 119 Å². The van der Waals surface area contributed by atoms with E-state index in [4.69, 9.17) is 5.11 Å². The van der Waals surface area contributed by atoms with Crippen molar-refractivity contribution in [1.29, 1.82) is 5.26 Å². The number of nitrogens with zero attached hydrogens (tertiary/aromatic N) is 2. The van der Waals surface area contributed by atoms with Crippen LogP contribution < -0.4 is 0 Å². The van der Waals surface area contributed by atoms with Crippen molar-refractivity contribution in [2.45, 2.75) is 18.3 Å². The SMILES string of the molecule is N#C[C@H](c1ccc(F)c(F)c1)[C@H](CCO)c1cncs1. The highest BCUT2D eigenvalue weighted by molar-refractivity contribution is 7.09. The third kappa shape index (κ3) is 3.00. The van der Waals surface area contributed by atoms with Crippen LogP contribution in [0.5, 0.6) is 0 Å². The quantitative estimate of drug-likeness (QED) is 0.921. The Hall–Kier alpha value is -1.84.